The van der Waals surface area contributed by atoms with Crippen molar-refractivity contribution in [2.75, 3.05) is 10.2 Å². The van der Waals surface area contributed by atoms with Crippen LogP contribution in [-0.2, 0) is 4.74 Å². The van der Waals surface area contributed by atoms with Crippen molar-refractivity contribution in [1.29, 1.82) is 0 Å². The van der Waals surface area contributed by atoms with E-state index in [0.29, 0.717) is 11.4 Å². The lowest BCUT2D eigenvalue weighted by atomic mass is 10.2. The van der Waals surface area contributed by atoms with E-state index in [4.69, 9.17) is 4.74 Å². The second-order valence-corrected chi connectivity index (χ2v) is 7.44. The van der Waals surface area contributed by atoms with Crippen molar-refractivity contribution in [2.45, 2.75) is 26.4 Å². The lowest BCUT2D eigenvalue weighted by molar-refractivity contribution is -0.384. The number of nitro groups is 1. The van der Waals surface area contributed by atoms with E-state index in [0.717, 1.165) is 0 Å². The van der Waals surface area contributed by atoms with Gasteiger partial charge in [-0.1, -0.05) is 36.4 Å². The van der Waals surface area contributed by atoms with Crippen molar-refractivity contribution >= 4 is 34.8 Å². The van der Waals surface area contributed by atoms with E-state index in [2.05, 4.69) is 10.3 Å². The topological polar surface area (TPSA) is 97.6 Å². The summed E-state index contributed by atoms with van der Waals surface area (Å²) in [7, 11) is 0. The first-order valence-corrected chi connectivity index (χ1v) is 9.30. The number of carbonyl (C=O) groups excluding carboxylic acids is 1. The minimum atomic E-state index is -0.726. The molecule has 1 amide bonds. The zero-order chi connectivity index (χ0) is 21.7. The fourth-order valence-corrected chi connectivity index (χ4v) is 2.68. The highest BCUT2D eigenvalue weighted by atomic mass is 16.6. The standard InChI is InChI=1S/C22H22N4O4/c1-22(2,3)30-21(27)25(17-12-8-5-9-13-17)19-15-14-18(26(28)29)20(24-19)23-16-10-6-4-7-11-16/h4-15H,1-3H3,(H,23,24). The molecule has 0 aliphatic carbocycles. The molecule has 0 atom stereocenters. The second-order valence-electron chi connectivity index (χ2n) is 7.44. The van der Waals surface area contributed by atoms with Gasteiger partial charge in [0.15, 0.2) is 0 Å². The maximum absolute atomic E-state index is 13.0. The average Bonchev–Trinajstić information content (AvgIpc) is 2.68. The fourth-order valence-electron chi connectivity index (χ4n) is 2.68. The Morgan fingerprint density at radius 1 is 1.00 bits per heavy atom. The summed E-state index contributed by atoms with van der Waals surface area (Å²) in [5, 5.41) is 14.5. The minimum absolute atomic E-state index is 0.0215. The van der Waals surface area contributed by atoms with Crippen LogP contribution < -0.4 is 10.2 Å². The van der Waals surface area contributed by atoms with Gasteiger partial charge in [-0.2, -0.15) is 0 Å². The Kier molecular flexibility index (Phi) is 5.96. The quantitative estimate of drug-likeness (QED) is 0.424. The number of para-hydroxylation sites is 2. The molecule has 1 N–H and O–H groups in total. The first-order valence-electron chi connectivity index (χ1n) is 9.30. The molecule has 3 aromatic rings. The zero-order valence-electron chi connectivity index (χ0n) is 16.9. The summed E-state index contributed by atoms with van der Waals surface area (Å²) in [5.41, 5.74) is 0.225. The van der Waals surface area contributed by atoms with Crippen LogP contribution >= 0.6 is 0 Å². The van der Waals surface area contributed by atoms with Crippen LogP contribution in [-0.4, -0.2) is 21.6 Å². The molecule has 8 nitrogen and oxygen atoms in total. The summed E-state index contributed by atoms with van der Waals surface area (Å²) < 4.78 is 5.54. The fraction of sp³-hybridized carbons (Fsp3) is 0.182. The van der Waals surface area contributed by atoms with Crippen LogP contribution in [0.4, 0.5) is 33.5 Å². The molecule has 0 spiro atoms. The largest absolute Gasteiger partial charge is 0.443 e. The molecule has 154 valence electrons. The zero-order valence-corrected chi connectivity index (χ0v) is 16.9. The number of ether oxygens (including phenoxy) is 1. The van der Waals surface area contributed by atoms with Crippen LogP contribution in [0.1, 0.15) is 20.8 Å². The summed E-state index contributed by atoms with van der Waals surface area (Å²) >= 11 is 0. The van der Waals surface area contributed by atoms with Crippen molar-refractivity contribution in [1.82, 2.24) is 4.98 Å². The smallest absolute Gasteiger partial charge is 0.420 e. The predicted molar refractivity (Wildman–Crippen MR) is 115 cm³/mol. The summed E-state index contributed by atoms with van der Waals surface area (Å²) in [6.07, 6.45) is -0.638. The highest BCUT2D eigenvalue weighted by Gasteiger charge is 2.27. The Balaban J connectivity index is 2.08. The first-order chi connectivity index (χ1) is 14.2. The number of anilines is 4. The highest BCUT2D eigenvalue weighted by Crippen LogP contribution is 2.32. The molecule has 0 fully saturated rings. The highest BCUT2D eigenvalue weighted by molar-refractivity contribution is 5.95. The van der Waals surface area contributed by atoms with Gasteiger partial charge in [0.05, 0.1) is 10.6 Å². The van der Waals surface area contributed by atoms with E-state index >= 15 is 0 Å². The normalized spacial score (nSPS) is 10.9. The van der Waals surface area contributed by atoms with Crippen molar-refractivity contribution < 1.29 is 14.5 Å². The van der Waals surface area contributed by atoms with Gasteiger partial charge < -0.3 is 10.1 Å². The molecule has 8 heteroatoms. The van der Waals surface area contributed by atoms with Gasteiger partial charge in [0.25, 0.3) is 0 Å². The Labute approximate surface area is 174 Å². The number of nitrogens with zero attached hydrogens (tertiary/aromatic N) is 3. The van der Waals surface area contributed by atoms with E-state index in [9.17, 15) is 14.9 Å². The van der Waals surface area contributed by atoms with E-state index in [1.54, 1.807) is 69.3 Å². The molecule has 30 heavy (non-hydrogen) atoms. The summed E-state index contributed by atoms with van der Waals surface area (Å²) in [5.74, 6) is 0.215. The minimum Gasteiger partial charge on any atom is -0.443 e. The number of carbonyl (C=O) groups is 1. The Bertz CT molecular complexity index is 1030. The molecule has 0 aliphatic heterocycles. The number of rotatable bonds is 5. The Morgan fingerprint density at radius 3 is 2.17 bits per heavy atom. The number of hydrogen-bond donors (Lipinski definition) is 1. The maximum Gasteiger partial charge on any atom is 0.420 e. The number of aromatic nitrogens is 1. The van der Waals surface area contributed by atoms with E-state index in [1.165, 1.54) is 17.0 Å². The Hall–Kier alpha value is -3.94. The third-order valence-corrected chi connectivity index (χ3v) is 3.91. The molecule has 0 saturated heterocycles. The molecule has 1 heterocycles. The van der Waals surface area contributed by atoms with Gasteiger partial charge in [-0.15, -0.1) is 0 Å². The third-order valence-electron chi connectivity index (χ3n) is 3.91. The van der Waals surface area contributed by atoms with Gasteiger partial charge in [-0.25, -0.2) is 14.7 Å². The van der Waals surface area contributed by atoms with Crippen molar-refractivity contribution in [3.63, 3.8) is 0 Å². The lowest BCUT2D eigenvalue weighted by Crippen LogP contribution is -2.34. The third kappa shape index (κ3) is 5.11. The van der Waals surface area contributed by atoms with Crippen LogP contribution in [0.5, 0.6) is 0 Å². The SMILES string of the molecule is CC(C)(C)OC(=O)N(c1ccccc1)c1ccc([N+](=O)[O-])c(Nc2ccccc2)n1. The number of pyridine rings is 1. The Morgan fingerprint density at radius 2 is 1.60 bits per heavy atom. The molecule has 0 saturated carbocycles. The van der Waals surface area contributed by atoms with Gasteiger partial charge in [0.1, 0.15) is 11.4 Å². The summed E-state index contributed by atoms with van der Waals surface area (Å²) in [6, 6.07) is 20.5. The van der Waals surface area contributed by atoms with Crippen LogP contribution in [0.25, 0.3) is 0 Å². The van der Waals surface area contributed by atoms with Crippen LogP contribution in [0, 0.1) is 10.1 Å². The van der Waals surface area contributed by atoms with E-state index < -0.39 is 16.6 Å². The molecule has 0 bridgehead atoms. The number of hydrogen-bond acceptors (Lipinski definition) is 6. The lowest BCUT2D eigenvalue weighted by Gasteiger charge is -2.27. The van der Waals surface area contributed by atoms with Crippen LogP contribution in [0.15, 0.2) is 72.8 Å². The molecule has 3 rings (SSSR count). The average molecular weight is 406 g/mol. The molecular formula is C22H22N4O4. The molecule has 0 aliphatic rings. The van der Waals surface area contributed by atoms with Crippen molar-refractivity contribution in [3.8, 4) is 0 Å². The van der Waals surface area contributed by atoms with Gasteiger partial charge in [-0.05, 0) is 51.1 Å². The predicted octanol–water partition coefficient (Wildman–Crippen LogP) is 5.81. The van der Waals surface area contributed by atoms with Crippen molar-refractivity contribution in [3.05, 3.63) is 82.9 Å². The van der Waals surface area contributed by atoms with E-state index in [-0.39, 0.29) is 17.3 Å². The van der Waals surface area contributed by atoms with Crippen LogP contribution in [0.3, 0.4) is 0 Å². The molecule has 2 aromatic carbocycles. The van der Waals surface area contributed by atoms with Gasteiger partial charge in [0.2, 0.25) is 5.82 Å². The molecule has 0 radical (unpaired) electrons. The molecule has 0 unspecified atom stereocenters. The number of amides is 1. The monoisotopic (exact) mass is 406 g/mol. The molecular weight excluding hydrogens is 384 g/mol. The summed E-state index contributed by atoms with van der Waals surface area (Å²) in [6.45, 7) is 5.29. The van der Waals surface area contributed by atoms with E-state index in [1.807, 2.05) is 12.1 Å². The second kappa shape index (κ2) is 8.60. The maximum atomic E-state index is 13.0. The molecule has 1 aromatic heterocycles. The van der Waals surface area contributed by atoms with Gasteiger partial charge in [-0.3, -0.25) is 10.1 Å². The van der Waals surface area contributed by atoms with Crippen molar-refractivity contribution in [2.24, 2.45) is 0 Å². The number of nitrogens with one attached hydrogen (secondary N) is 1. The summed E-state index contributed by atoms with van der Waals surface area (Å²) in [4.78, 5) is 29.6. The number of benzene rings is 2. The first kappa shape index (κ1) is 20.8. The van der Waals surface area contributed by atoms with Crippen LogP contribution in [0.2, 0.25) is 0 Å². The van der Waals surface area contributed by atoms with Gasteiger partial charge in [0, 0.05) is 11.8 Å². The van der Waals surface area contributed by atoms with Gasteiger partial charge >= 0.3 is 11.8 Å².